The van der Waals surface area contributed by atoms with Crippen molar-refractivity contribution in [1.29, 1.82) is 0 Å². The number of methoxy groups -OCH3 is 1. The van der Waals surface area contributed by atoms with Crippen molar-refractivity contribution in [2.24, 2.45) is 0 Å². The van der Waals surface area contributed by atoms with Crippen LogP contribution in [0.5, 0.6) is 5.75 Å². The molecule has 0 spiro atoms. The first-order valence-electron chi connectivity index (χ1n) is 8.26. The van der Waals surface area contributed by atoms with Crippen LogP contribution in [0.25, 0.3) is 11.0 Å². The van der Waals surface area contributed by atoms with Crippen molar-refractivity contribution < 1.29 is 27.8 Å². The molecule has 5 nitrogen and oxygen atoms in total. The molecule has 1 aromatic heterocycles. The molecule has 0 radical (unpaired) electrons. The molecule has 0 aliphatic rings. The molecule has 0 aliphatic carbocycles. The molecule has 0 fully saturated rings. The lowest BCUT2D eigenvalue weighted by molar-refractivity contribution is 0.0388. The smallest absolute Gasteiger partial charge is 0.342 e. The van der Waals surface area contributed by atoms with Crippen LogP contribution in [-0.4, -0.2) is 26.3 Å². The number of fused-ring (bicyclic) bond motifs is 1. The van der Waals surface area contributed by atoms with Gasteiger partial charge in [-0.1, -0.05) is 17.7 Å². The van der Waals surface area contributed by atoms with Crippen LogP contribution < -0.4 is 4.74 Å². The summed E-state index contributed by atoms with van der Waals surface area (Å²) in [7, 11) is 1.53. The van der Waals surface area contributed by atoms with Crippen LogP contribution in [0.15, 0.2) is 40.8 Å². The SMILES string of the molecule is COCCOC(=O)c1c(C)oc2ccc(OCc3c(F)cccc3Cl)cc12. The average Bonchev–Trinajstić information content (AvgIpc) is 2.96. The van der Waals surface area contributed by atoms with Gasteiger partial charge in [0.2, 0.25) is 0 Å². The highest BCUT2D eigenvalue weighted by molar-refractivity contribution is 6.31. The van der Waals surface area contributed by atoms with Crippen LogP contribution in [0.1, 0.15) is 21.7 Å². The topological polar surface area (TPSA) is 57.9 Å². The van der Waals surface area contributed by atoms with Crippen LogP contribution in [0, 0.1) is 12.7 Å². The summed E-state index contributed by atoms with van der Waals surface area (Å²) in [6.07, 6.45) is 0. The lowest BCUT2D eigenvalue weighted by Gasteiger charge is -2.09. The second kappa shape index (κ2) is 8.41. The van der Waals surface area contributed by atoms with Crippen molar-refractivity contribution in [3.63, 3.8) is 0 Å². The van der Waals surface area contributed by atoms with Crippen LogP contribution >= 0.6 is 11.6 Å². The number of aryl methyl sites for hydroxylation is 1. The number of hydrogen-bond acceptors (Lipinski definition) is 5. The molecular formula is C20H18ClFO5. The maximum absolute atomic E-state index is 13.9. The third-order valence-corrected chi connectivity index (χ3v) is 4.36. The summed E-state index contributed by atoms with van der Waals surface area (Å²) in [6, 6.07) is 9.48. The summed E-state index contributed by atoms with van der Waals surface area (Å²) in [5.41, 5.74) is 1.12. The fourth-order valence-corrected chi connectivity index (χ4v) is 2.88. The predicted octanol–water partition coefficient (Wildman–Crippen LogP) is 4.92. The summed E-state index contributed by atoms with van der Waals surface area (Å²) in [4.78, 5) is 12.3. The van der Waals surface area contributed by atoms with E-state index >= 15 is 0 Å². The lowest BCUT2D eigenvalue weighted by atomic mass is 10.1. The molecule has 0 bridgehead atoms. The lowest BCUT2D eigenvalue weighted by Crippen LogP contribution is -2.10. The van der Waals surface area contributed by atoms with Crippen LogP contribution in [0.4, 0.5) is 4.39 Å². The summed E-state index contributed by atoms with van der Waals surface area (Å²) >= 11 is 6.01. The predicted molar refractivity (Wildman–Crippen MR) is 98.9 cm³/mol. The summed E-state index contributed by atoms with van der Waals surface area (Å²) in [5.74, 6) is -0.0435. The first kappa shape index (κ1) is 19.2. The summed E-state index contributed by atoms with van der Waals surface area (Å²) in [5, 5.41) is 0.852. The molecule has 0 atom stereocenters. The van der Waals surface area contributed by atoms with E-state index < -0.39 is 11.8 Å². The van der Waals surface area contributed by atoms with Gasteiger partial charge in [0.1, 0.15) is 41.7 Å². The van der Waals surface area contributed by atoms with Crippen molar-refractivity contribution in [2.75, 3.05) is 20.3 Å². The normalized spacial score (nSPS) is 11.0. The van der Waals surface area contributed by atoms with E-state index in [-0.39, 0.29) is 23.8 Å². The van der Waals surface area contributed by atoms with Gasteiger partial charge in [-0.2, -0.15) is 0 Å². The number of carbonyl (C=O) groups excluding carboxylic acids is 1. The molecule has 142 valence electrons. The zero-order valence-electron chi connectivity index (χ0n) is 14.9. The Labute approximate surface area is 160 Å². The van der Waals surface area contributed by atoms with E-state index in [4.69, 9.17) is 30.2 Å². The minimum Gasteiger partial charge on any atom is -0.489 e. The standard InChI is InChI=1S/C20H18ClFO5/c1-12-19(20(23)25-9-8-24-2)14-10-13(6-7-18(14)27-12)26-11-15-16(21)4-3-5-17(15)22/h3-7,10H,8-9,11H2,1-2H3. The average molecular weight is 393 g/mol. The Balaban J connectivity index is 1.84. The van der Waals surface area contributed by atoms with Gasteiger partial charge in [-0.15, -0.1) is 0 Å². The summed E-state index contributed by atoms with van der Waals surface area (Å²) in [6.45, 7) is 2.09. The van der Waals surface area contributed by atoms with Gasteiger partial charge in [0.15, 0.2) is 0 Å². The molecule has 0 N–H and O–H groups in total. The Morgan fingerprint density at radius 1 is 1.22 bits per heavy atom. The molecule has 0 unspecified atom stereocenters. The molecule has 0 aliphatic heterocycles. The van der Waals surface area contributed by atoms with Gasteiger partial charge < -0.3 is 18.6 Å². The van der Waals surface area contributed by atoms with Gasteiger partial charge >= 0.3 is 5.97 Å². The zero-order valence-corrected chi connectivity index (χ0v) is 15.6. The van der Waals surface area contributed by atoms with Crippen molar-refractivity contribution in [2.45, 2.75) is 13.5 Å². The van der Waals surface area contributed by atoms with Crippen LogP contribution in [0.2, 0.25) is 5.02 Å². The quantitative estimate of drug-likeness (QED) is 0.422. The first-order chi connectivity index (χ1) is 13.0. The third kappa shape index (κ3) is 4.23. The van der Waals surface area contributed by atoms with E-state index in [9.17, 15) is 9.18 Å². The monoisotopic (exact) mass is 392 g/mol. The second-order valence-electron chi connectivity index (χ2n) is 5.81. The molecule has 3 aromatic rings. The maximum Gasteiger partial charge on any atom is 0.342 e. The van der Waals surface area contributed by atoms with E-state index in [1.807, 2.05) is 0 Å². The van der Waals surface area contributed by atoms with E-state index in [0.717, 1.165) is 0 Å². The number of hydrogen-bond donors (Lipinski definition) is 0. The maximum atomic E-state index is 13.9. The minimum atomic E-state index is -0.502. The fraction of sp³-hybridized carbons (Fsp3) is 0.250. The number of furan rings is 1. The molecule has 7 heteroatoms. The van der Waals surface area contributed by atoms with Crippen LogP contribution in [-0.2, 0) is 16.1 Å². The number of esters is 1. The second-order valence-corrected chi connectivity index (χ2v) is 6.22. The Morgan fingerprint density at radius 2 is 2.04 bits per heavy atom. The number of ether oxygens (including phenoxy) is 3. The van der Waals surface area contributed by atoms with Gasteiger partial charge in [-0.3, -0.25) is 0 Å². The molecule has 1 heterocycles. The first-order valence-corrected chi connectivity index (χ1v) is 8.64. The highest BCUT2D eigenvalue weighted by Gasteiger charge is 2.20. The molecule has 2 aromatic carbocycles. The van der Waals surface area contributed by atoms with Crippen LogP contribution in [0.3, 0.4) is 0 Å². The van der Waals surface area contributed by atoms with E-state index in [1.165, 1.54) is 19.2 Å². The van der Waals surface area contributed by atoms with E-state index in [1.54, 1.807) is 31.2 Å². The zero-order chi connectivity index (χ0) is 19.4. The van der Waals surface area contributed by atoms with Crippen molar-refractivity contribution in [3.05, 3.63) is 64.1 Å². The molecule has 27 heavy (non-hydrogen) atoms. The molecular weight excluding hydrogens is 375 g/mol. The molecule has 0 saturated carbocycles. The van der Waals surface area contributed by atoms with Gasteiger partial charge in [0.25, 0.3) is 0 Å². The minimum absolute atomic E-state index is 0.0402. The highest BCUT2D eigenvalue weighted by Crippen LogP contribution is 2.30. The van der Waals surface area contributed by atoms with Gasteiger partial charge in [0, 0.05) is 18.1 Å². The van der Waals surface area contributed by atoms with Crippen molar-refractivity contribution in [3.8, 4) is 5.75 Å². The highest BCUT2D eigenvalue weighted by atomic mass is 35.5. The van der Waals surface area contributed by atoms with Crippen molar-refractivity contribution >= 4 is 28.5 Å². The number of rotatable bonds is 7. The largest absolute Gasteiger partial charge is 0.489 e. The molecule has 0 amide bonds. The molecule has 3 rings (SSSR count). The third-order valence-electron chi connectivity index (χ3n) is 4.01. The fourth-order valence-electron chi connectivity index (χ4n) is 2.66. The Kier molecular flexibility index (Phi) is 5.98. The summed E-state index contributed by atoms with van der Waals surface area (Å²) < 4.78 is 35.2. The number of halogens is 2. The van der Waals surface area contributed by atoms with Gasteiger partial charge in [0.05, 0.1) is 11.6 Å². The Bertz CT molecular complexity index is 946. The van der Waals surface area contributed by atoms with Gasteiger partial charge in [-0.25, -0.2) is 9.18 Å². The molecule has 0 saturated heterocycles. The van der Waals surface area contributed by atoms with Crippen molar-refractivity contribution in [1.82, 2.24) is 0 Å². The van der Waals surface area contributed by atoms with Gasteiger partial charge in [-0.05, 0) is 37.3 Å². The Morgan fingerprint density at radius 3 is 2.78 bits per heavy atom. The van der Waals surface area contributed by atoms with E-state index in [2.05, 4.69) is 0 Å². The Hall–Kier alpha value is -2.57. The number of carbonyl (C=O) groups is 1. The van der Waals surface area contributed by atoms with E-state index in [0.29, 0.717) is 34.6 Å². The number of benzene rings is 2.